The molecule has 3 rings (SSSR count). The van der Waals surface area contributed by atoms with E-state index in [2.05, 4.69) is 64.9 Å². The molecule has 0 amide bonds. The van der Waals surface area contributed by atoms with Gasteiger partial charge in [0.15, 0.2) is 8.07 Å². The zero-order valence-corrected chi connectivity index (χ0v) is 17.6. The van der Waals surface area contributed by atoms with Crippen molar-refractivity contribution in [1.82, 2.24) is 0 Å². The lowest BCUT2D eigenvalue weighted by Gasteiger charge is -2.27. The van der Waals surface area contributed by atoms with E-state index in [0.29, 0.717) is 11.8 Å². The molecule has 0 unspecified atom stereocenters. The second-order valence-electron chi connectivity index (χ2n) is 6.73. The molecule has 0 aliphatic heterocycles. The topological polar surface area (TPSA) is 17.1 Å². The number of benzene rings is 3. The molecule has 132 valence electrons. The number of hydrogen-bond acceptors (Lipinski definition) is 1. The molecule has 0 heterocycles. The van der Waals surface area contributed by atoms with E-state index in [1.165, 1.54) is 15.9 Å². The lowest BCUT2D eigenvalue weighted by Crippen LogP contribution is -2.62. The van der Waals surface area contributed by atoms with E-state index in [9.17, 15) is 4.79 Å². The minimum absolute atomic E-state index is 0.405. The minimum atomic E-state index is -2.41. The molecule has 0 radical (unpaired) electrons. The Morgan fingerprint density at radius 3 is 1.85 bits per heavy atom. The summed E-state index contributed by atoms with van der Waals surface area (Å²) >= 11 is 3.60. The molecule has 0 aliphatic rings. The van der Waals surface area contributed by atoms with Crippen LogP contribution in [0.3, 0.4) is 0 Å². The van der Waals surface area contributed by atoms with Crippen LogP contribution in [0.1, 0.15) is 18.4 Å². The van der Waals surface area contributed by atoms with Crippen molar-refractivity contribution in [2.24, 2.45) is 0 Å². The average Bonchev–Trinajstić information content (AvgIpc) is 2.70. The SMILES string of the molecule is C[Si](C(=O)CCCc1ccccc1Br)(c1ccccc1)c1ccccc1. The van der Waals surface area contributed by atoms with E-state index >= 15 is 0 Å². The second kappa shape index (κ2) is 8.61. The highest BCUT2D eigenvalue weighted by Gasteiger charge is 2.39. The van der Waals surface area contributed by atoms with Crippen LogP contribution in [0.4, 0.5) is 0 Å². The molecule has 0 atom stereocenters. The Balaban J connectivity index is 1.81. The van der Waals surface area contributed by atoms with E-state index < -0.39 is 8.07 Å². The first-order valence-electron chi connectivity index (χ1n) is 9.00. The van der Waals surface area contributed by atoms with Gasteiger partial charge in [0.05, 0.1) is 0 Å². The molecule has 0 saturated carbocycles. The van der Waals surface area contributed by atoms with E-state index in [0.717, 1.165) is 17.3 Å². The number of hydrogen-bond donors (Lipinski definition) is 0. The predicted octanol–water partition coefficient (Wildman–Crippen LogP) is 4.77. The molecule has 1 nitrogen and oxygen atoms in total. The summed E-state index contributed by atoms with van der Waals surface area (Å²) in [6.45, 7) is 2.19. The molecule has 0 aromatic heterocycles. The summed E-state index contributed by atoms with van der Waals surface area (Å²) in [7, 11) is -2.41. The Bertz CT molecular complexity index is 822. The lowest BCUT2D eigenvalue weighted by atomic mass is 10.1. The third-order valence-electron chi connectivity index (χ3n) is 5.07. The normalized spacial score (nSPS) is 11.3. The maximum absolute atomic E-state index is 13.4. The summed E-state index contributed by atoms with van der Waals surface area (Å²) in [5.74, 6) is 0. The number of rotatable bonds is 7. The number of aryl methyl sites for hydroxylation is 1. The smallest absolute Gasteiger partial charge is 0.190 e. The van der Waals surface area contributed by atoms with Gasteiger partial charge in [0.2, 0.25) is 0 Å². The molecule has 0 N–H and O–H groups in total. The van der Waals surface area contributed by atoms with Crippen LogP contribution >= 0.6 is 15.9 Å². The Kier molecular flexibility index (Phi) is 6.23. The van der Waals surface area contributed by atoms with Gasteiger partial charge < -0.3 is 4.79 Å². The fourth-order valence-electron chi connectivity index (χ4n) is 3.42. The quantitative estimate of drug-likeness (QED) is 0.500. The molecule has 0 bridgehead atoms. The predicted molar refractivity (Wildman–Crippen MR) is 116 cm³/mol. The largest absolute Gasteiger partial charge is 0.305 e. The summed E-state index contributed by atoms with van der Waals surface area (Å²) in [4.78, 5) is 13.4. The van der Waals surface area contributed by atoms with E-state index in [1.54, 1.807) is 0 Å². The summed E-state index contributed by atoms with van der Waals surface area (Å²) in [6, 6.07) is 28.9. The van der Waals surface area contributed by atoms with Gasteiger partial charge in [0, 0.05) is 10.9 Å². The standard InChI is InChI=1S/C23H23BrOSi/c1-26(20-13-4-2-5-14-20,21-15-6-3-7-16-21)23(25)18-10-12-19-11-8-9-17-22(19)24/h2-9,11,13-17H,10,12,18H2,1H3. The van der Waals surface area contributed by atoms with Crippen LogP contribution in [-0.2, 0) is 11.2 Å². The van der Waals surface area contributed by atoms with Gasteiger partial charge in [-0.1, -0.05) is 101 Å². The lowest BCUT2D eigenvalue weighted by molar-refractivity contribution is -0.112. The van der Waals surface area contributed by atoms with E-state index in [-0.39, 0.29) is 0 Å². The fraction of sp³-hybridized carbons (Fsp3) is 0.174. The van der Waals surface area contributed by atoms with Gasteiger partial charge in [0.25, 0.3) is 0 Å². The monoisotopic (exact) mass is 422 g/mol. The average molecular weight is 423 g/mol. The fourth-order valence-corrected chi connectivity index (χ4v) is 7.28. The van der Waals surface area contributed by atoms with E-state index in [1.807, 2.05) is 42.5 Å². The van der Waals surface area contributed by atoms with Crippen LogP contribution < -0.4 is 10.4 Å². The summed E-state index contributed by atoms with van der Waals surface area (Å²) < 4.78 is 1.12. The molecule has 0 saturated heterocycles. The van der Waals surface area contributed by atoms with Gasteiger partial charge in [-0.05, 0) is 34.8 Å². The zero-order valence-electron chi connectivity index (χ0n) is 15.0. The first kappa shape index (κ1) is 18.8. The Labute approximate surface area is 165 Å². The molecule has 3 aromatic carbocycles. The number of carbonyl (C=O) groups excluding carboxylic acids is 1. The van der Waals surface area contributed by atoms with Gasteiger partial charge in [0.1, 0.15) is 5.41 Å². The van der Waals surface area contributed by atoms with Crippen molar-refractivity contribution in [3.63, 3.8) is 0 Å². The number of carbonyl (C=O) groups is 1. The molecule has 0 aliphatic carbocycles. The highest BCUT2D eigenvalue weighted by Crippen LogP contribution is 2.19. The van der Waals surface area contributed by atoms with Crippen LogP contribution in [-0.4, -0.2) is 13.5 Å². The molecular weight excluding hydrogens is 400 g/mol. The summed E-state index contributed by atoms with van der Waals surface area (Å²) in [5.41, 5.74) is 1.27. The van der Waals surface area contributed by atoms with Gasteiger partial charge in [-0.15, -0.1) is 0 Å². The molecular formula is C23H23BrOSi. The van der Waals surface area contributed by atoms with Gasteiger partial charge in [-0.3, -0.25) is 0 Å². The Hall–Kier alpha value is -1.97. The van der Waals surface area contributed by atoms with Crippen molar-refractivity contribution in [2.75, 3.05) is 0 Å². The molecule has 26 heavy (non-hydrogen) atoms. The zero-order chi connectivity index (χ0) is 18.4. The van der Waals surface area contributed by atoms with Crippen molar-refractivity contribution >= 4 is 39.8 Å². The summed E-state index contributed by atoms with van der Waals surface area (Å²) in [6.07, 6.45) is 2.42. The van der Waals surface area contributed by atoms with E-state index in [4.69, 9.17) is 0 Å². The maximum Gasteiger partial charge on any atom is 0.190 e. The summed E-state index contributed by atoms with van der Waals surface area (Å²) in [5, 5.41) is 2.79. The first-order valence-corrected chi connectivity index (χ1v) is 12.3. The van der Waals surface area contributed by atoms with Gasteiger partial charge in [-0.25, -0.2) is 0 Å². The van der Waals surface area contributed by atoms with Gasteiger partial charge >= 0.3 is 0 Å². The highest BCUT2D eigenvalue weighted by molar-refractivity contribution is 9.10. The third-order valence-corrected chi connectivity index (χ3v) is 10.2. The highest BCUT2D eigenvalue weighted by atomic mass is 79.9. The van der Waals surface area contributed by atoms with Crippen LogP contribution in [0.5, 0.6) is 0 Å². The van der Waals surface area contributed by atoms with Crippen molar-refractivity contribution in [3.05, 3.63) is 95.0 Å². The van der Waals surface area contributed by atoms with Crippen molar-refractivity contribution in [3.8, 4) is 0 Å². The van der Waals surface area contributed by atoms with Crippen molar-refractivity contribution in [1.29, 1.82) is 0 Å². The Morgan fingerprint density at radius 2 is 1.31 bits per heavy atom. The minimum Gasteiger partial charge on any atom is -0.305 e. The number of halogens is 1. The Morgan fingerprint density at radius 1 is 0.808 bits per heavy atom. The molecule has 0 spiro atoms. The van der Waals surface area contributed by atoms with Crippen LogP contribution in [0.2, 0.25) is 6.55 Å². The molecule has 3 aromatic rings. The van der Waals surface area contributed by atoms with Crippen LogP contribution in [0, 0.1) is 0 Å². The van der Waals surface area contributed by atoms with Crippen molar-refractivity contribution in [2.45, 2.75) is 25.8 Å². The van der Waals surface area contributed by atoms with Gasteiger partial charge in [-0.2, -0.15) is 0 Å². The second-order valence-corrected chi connectivity index (χ2v) is 11.5. The molecule has 3 heteroatoms. The molecule has 0 fully saturated rings. The third kappa shape index (κ3) is 4.05. The maximum atomic E-state index is 13.4. The van der Waals surface area contributed by atoms with Crippen LogP contribution in [0.15, 0.2) is 89.4 Å². The first-order chi connectivity index (χ1) is 12.6. The van der Waals surface area contributed by atoms with Crippen LogP contribution in [0.25, 0.3) is 0 Å². The van der Waals surface area contributed by atoms with Crippen molar-refractivity contribution < 1.29 is 4.79 Å².